The van der Waals surface area contributed by atoms with Crippen LogP contribution in [0.1, 0.15) is 44.1 Å². The van der Waals surface area contributed by atoms with Gasteiger partial charge in [-0.3, -0.25) is 0 Å². The van der Waals surface area contributed by atoms with Crippen LogP contribution in [0, 0.1) is 0 Å². The van der Waals surface area contributed by atoms with Crippen molar-refractivity contribution in [2.45, 2.75) is 38.5 Å². The molecule has 1 aliphatic rings. The number of thiocarbonyl (C=S) groups is 1. The summed E-state index contributed by atoms with van der Waals surface area (Å²) in [5, 5.41) is 7.07. The van der Waals surface area contributed by atoms with E-state index in [0.717, 1.165) is 24.6 Å². The van der Waals surface area contributed by atoms with E-state index in [2.05, 4.69) is 41.8 Å². The Kier molecular flexibility index (Phi) is 4.37. The van der Waals surface area contributed by atoms with Gasteiger partial charge in [0.15, 0.2) is 5.11 Å². The highest BCUT2D eigenvalue weighted by molar-refractivity contribution is 7.80. The molecule has 1 fully saturated rings. The average molecular weight is 248 g/mol. The molecule has 3 heteroatoms. The van der Waals surface area contributed by atoms with Crippen molar-refractivity contribution < 1.29 is 0 Å². The van der Waals surface area contributed by atoms with Gasteiger partial charge >= 0.3 is 0 Å². The predicted molar refractivity (Wildman–Crippen MR) is 77.5 cm³/mol. The van der Waals surface area contributed by atoms with E-state index in [4.69, 9.17) is 12.2 Å². The molecular weight excluding hydrogens is 228 g/mol. The summed E-state index contributed by atoms with van der Waals surface area (Å²) in [6.07, 6.45) is 5.17. The average Bonchev–Trinajstić information content (AvgIpc) is 2.27. The van der Waals surface area contributed by atoms with Gasteiger partial charge in [-0.2, -0.15) is 0 Å². The molecule has 0 amide bonds. The molecule has 0 atom stereocenters. The molecule has 1 aromatic rings. The Hall–Kier alpha value is -1.09. The van der Waals surface area contributed by atoms with E-state index in [1.807, 2.05) is 0 Å². The summed E-state index contributed by atoms with van der Waals surface area (Å²) in [6.45, 7) is 3.05. The van der Waals surface area contributed by atoms with Crippen molar-refractivity contribution in [1.82, 2.24) is 5.32 Å². The highest BCUT2D eigenvalue weighted by atomic mass is 32.1. The van der Waals surface area contributed by atoms with Gasteiger partial charge in [0.1, 0.15) is 0 Å². The summed E-state index contributed by atoms with van der Waals surface area (Å²) in [4.78, 5) is 0. The fraction of sp³-hybridized carbons (Fsp3) is 0.500. The molecular formula is C14H20N2S. The molecule has 0 saturated heterocycles. The lowest BCUT2D eigenvalue weighted by molar-refractivity contribution is 0.420. The van der Waals surface area contributed by atoms with E-state index in [0.29, 0.717) is 5.11 Å². The molecule has 1 aliphatic carbocycles. The summed E-state index contributed by atoms with van der Waals surface area (Å²) in [6, 6.07) is 8.67. The van der Waals surface area contributed by atoms with Gasteiger partial charge in [-0.05, 0) is 55.1 Å². The quantitative estimate of drug-likeness (QED) is 0.795. The van der Waals surface area contributed by atoms with Gasteiger partial charge < -0.3 is 10.6 Å². The minimum absolute atomic E-state index is 0.711. The zero-order valence-electron chi connectivity index (χ0n) is 10.3. The first kappa shape index (κ1) is 12.4. The van der Waals surface area contributed by atoms with Gasteiger partial charge in [-0.1, -0.05) is 25.5 Å². The van der Waals surface area contributed by atoms with Gasteiger partial charge in [0, 0.05) is 12.2 Å². The molecule has 0 spiro atoms. The van der Waals surface area contributed by atoms with Crippen LogP contribution in [-0.4, -0.2) is 11.7 Å². The summed E-state index contributed by atoms with van der Waals surface area (Å²) in [5.41, 5.74) is 2.54. The molecule has 2 rings (SSSR count). The minimum atomic E-state index is 0.711. The van der Waals surface area contributed by atoms with Crippen LogP contribution in [0.5, 0.6) is 0 Å². The molecule has 0 aromatic heterocycles. The van der Waals surface area contributed by atoms with Gasteiger partial charge in [0.2, 0.25) is 0 Å². The molecule has 1 saturated carbocycles. The maximum atomic E-state index is 5.20. The maximum Gasteiger partial charge on any atom is 0.170 e. The number of benzene rings is 1. The maximum absolute atomic E-state index is 5.20. The normalized spacial score (nSPS) is 15.1. The largest absolute Gasteiger partial charge is 0.362 e. The summed E-state index contributed by atoms with van der Waals surface area (Å²) >= 11 is 5.20. The zero-order valence-corrected chi connectivity index (χ0v) is 11.1. The first-order valence-electron chi connectivity index (χ1n) is 6.44. The number of nitrogens with one attached hydrogen (secondary N) is 2. The lowest BCUT2D eigenvalue weighted by Crippen LogP contribution is -2.28. The second-order valence-corrected chi connectivity index (χ2v) is 5.04. The van der Waals surface area contributed by atoms with Crippen LogP contribution in [0.15, 0.2) is 24.3 Å². The fourth-order valence-electron chi connectivity index (χ4n) is 1.99. The van der Waals surface area contributed by atoms with Crippen LogP contribution in [0.25, 0.3) is 0 Å². The smallest absolute Gasteiger partial charge is 0.170 e. The molecule has 0 aliphatic heterocycles. The van der Waals surface area contributed by atoms with E-state index in [1.54, 1.807) is 0 Å². The van der Waals surface area contributed by atoms with Crippen LogP contribution in [0.4, 0.5) is 5.69 Å². The Morgan fingerprint density at radius 3 is 2.53 bits per heavy atom. The number of anilines is 1. The minimum Gasteiger partial charge on any atom is -0.362 e. The van der Waals surface area contributed by atoms with Crippen molar-refractivity contribution in [2.24, 2.45) is 0 Å². The van der Waals surface area contributed by atoms with Crippen LogP contribution in [0.3, 0.4) is 0 Å². The number of rotatable bonds is 4. The van der Waals surface area contributed by atoms with Crippen molar-refractivity contribution in [2.75, 3.05) is 11.9 Å². The van der Waals surface area contributed by atoms with Crippen molar-refractivity contribution >= 4 is 23.0 Å². The first-order valence-corrected chi connectivity index (χ1v) is 6.85. The molecule has 0 unspecified atom stereocenters. The zero-order chi connectivity index (χ0) is 12.1. The molecule has 1 aromatic carbocycles. The van der Waals surface area contributed by atoms with Gasteiger partial charge in [-0.15, -0.1) is 0 Å². The van der Waals surface area contributed by atoms with Crippen molar-refractivity contribution in [3.63, 3.8) is 0 Å². The van der Waals surface area contributed by atoms with Crippen LogP contribution in [-0.2, 0) is 0 Å². The standard InChI is InChI=1S/C14H20N2S/c1-2-10-15-14(17)16-13-8-6-12(7-9-13)11-4-3-5-11/h6-9,11H,2-5,10H2,1H3,(H2,15,16,17). The third-order valence-corrected chi connectivity index (χ3v) is 3.53. The van der Waals surface area contributed by atoms with Gasteiger partial charge in [0.05, 0.1) is 0 Å². The molecule has 0 bridgehead atoms. The second kappa shape index (κ2) is 6.01. The van der Waals surface area contributed by atoms with Crippen molar-refractivity contribution in [3.8, 4) is 0 Å². The SMILES string of the molecule is CCCNC(=S)Nc1ccc(C2CCC2)cc1. The van der Waals surface area contributed by atoms with Crippen molar-refractivity contribution in [3.05, 3.63) is 29.8 Å². The lowest BCUT2D eigenvalue weighted by Gasteiger charge is -2.25. The Labute approximate surface area is 109 Å². The van der Waals surface area contributed by atoms with Crippen molar-refractivity contribution in [1.29, 1.82) is 0 Å². The molecule has 92 valence electrons. The number of hydrogen-bond donors (Lipinski definition) is 2. The Balaban J connectivity index is 1.86. The Morgan fingerprint density at radius 2 is 2.00 bits per heavy atom. The predicted octanol–water partition coefficient (Wildman–Crippen LogP) is 3.65. The molecule has 0 heterocycles. The fourth-order valence-corrected chi connectivity index (χ4v) is 2.21. The lowest BCUT2D eigenvalue weighted by atomic mass is 9.80. The number of hydrogen-bond acceptors (Lipinski definition) is 1. The first-order chi connectivity index (χ1) is 8.29. The van der Waals surface area contributed by atoms with E-state index in [9.17, 15) is 0 Å². The summed E-state index contributed by atoms with van der Waals surface area (Å²) in [7, 11) is 0. The topological polar surface area (TPSA) is 24.1 Å². The highest BCUT2D eigenvalue weighted by Gasteiger charge is 2.18. The summed E-state index contributed by atoms with van der Waals surface area (Å²) in [5.74, 6) is 0.800. The van der Waals surface area contributed by atoms with Crippen LogP contribution < -0.4 is 10.6 Å². The monoisotopic (exact) mass is 248 g/mol. The Bertz CT molecular complexity index is 368. The van der Waals surface area contributed by atoms with E-state index in [-0.39, 0.29) is 0 Å². The third-order valence-electron chi connectivity index (χ3n) is 3.28. The molecule has 0 radical (unpaired) electrons. The molecule has 2 N–H and O–H groups in total. The van der Waals surface area contributed by atoms with Crippen LogP contribution >= 0.6 is 12.2 Å². The highest BCUT2D eigenvalue weighted by Crippen LogP contribution is 2.36. The van der Waals surface area contributed by atoms with Crippen LogP contribution in [0.2, 0.25) is 0 Å². The third kappa shape index (κ3) is 3.43. The second-order valence-electron chi connectivity index (χ2n) is 4.63. The molecule has 2 nitrogen and oxygen atoms in total. The summed E-state index contributed by atoms with van der Waals surface area (Å²) < 4.78 is 0. The Morgan fingerprint density at radius 1 is 1.29 bits per heavy atom. The van der Waals surface area contributed by atoms with E-state index < -0.39 is 0 Å². The van der Waals surface area contributed by atoms with Gasteiger partial charge in [-0.25, -0.2) is 0 Å². The molecule has 17 heavy (non-hydrogen) atoms. The van der Waals surface area contributed by atoms with E-state index >= 15 is 0 Å². The van der Waals surface area contributed by atoms with Gasteiger partial charge in [0.25, 0.3) is 0 Å². The van der Waals surface area contributed by atoms with E-state index in [1.165, 1.54) is 24.8 Å².